The van der Waals surface area contributed by atoms with Crippen molar-refractivity contribution in [1.29, 1.82) is 0 Å². The normalized spacial score (nSPS) is 20.0. The SMILES string of the molecule is CCCCCCCC/C=C/CCCCCCC/C=C1/C[C@](C=CC(=O)OC)(CO)OC1=O. The number of hydrogen-bond acceptors (Lipinski definition) is 5. The Morgan fingerprint density at radius 3 is 2.09 bits per heavy atom. The van der Waals surface area contributed by atoms with Gasteiger partial charge in [-0.05, 0) is 44.6 Å². The van der Waals surface area contributed by atoms with Gasteiger partial charge in [0.05, 0.1) is 13.7 Å². The van der Waals surface area contributed by atoms with Crippen molar-refractivity contribution < 1.29 is 24.2 Å². The molecule has 0 amide bonds. The summed E-state index contributed by atoms with van der Waals surface area (Å²) < 4.78 is 9.88. The van der Waals surface area contributed by atoms with Crippen molar-refractivity contribution in [1.82, 2.24) is 0 Å². The van der Waals surface area contributed by atoms with Gasteiger partial charge in [-0.2, -0.15) is 0 Å². The first kappa shape index (κ1) is 28.2. The molecule has 1 heterocycles. The second kappa shape index (κ2) is 17.6. The van der Waals surface area contributed by atoms with Gasteiger partial charge in [0.25, 0.3) is 0 Å². The number of allylic oxidation sites excluding steroid dienone is 3. The summed E-state index contributed by atoms with van der Waals surface area (Å²) >= 11 is 0. The Balaban J connectivity index is 2.10. The summed E-state index contributed by atoms with van der Waals surface area (Å²) in [4.78, 5) is 23.4. The third-order valence-electron chi connectivity index (χ3n) is 5.90. The number of esters is 2. The van der Waals surface area contributed by atoms with Crippen LogP contribution in [-0.2, 0) is 19.1 Å². The Labute approximate surface area is 194 Å². The minimum Gasteiger partial charge on any atom is -0.466 e. The zero-order valence-corrected chi connectivity index (χ0v) is 20.3. The van der Waals surface area contributed by atoms with Crippen molar-refractivity contribution in [3.05, 3.63) is 36.0 Å². The van der Waals surface area contributed by atoms with E-state index in [4.69, 9.17) is 4.74 Å². The summed E-state index contributed by atoms with van der Waals surface area (Å²) in [6.45, 7) is 1.89. The minimum absolute atomic E-state index is 0.279. The molecule has 0 aliphatic carbocycles. The molecule has 1 saturated heterocycles. The Hall–Kier alpha value is -1.88. The highest BCUT2D eigenvalue weighted by atomic mass is 16.6. The maximum atomic E-state index is 12.1. The number of aliphatic hydroxyl groups excluding tert-OH is 1. The predicted molar refractivity (Wildman–Crippen MR) is 129 cm³/mol. The lowest BCUT2D eigenvalue weighted by molar-refractivity contribution is -0.146. The highest BCUT2D eigenvalue weighted by molar-refractivity contribution is 5.92. The Bertz CT molecular complexity index is 620. The molecule has 1 aliphatic heterocycles. The number of methoxy groups -OCH3 is 1. The second-order valence-electron chi connectivity index (χ2n) is 8.75. The average Bonchev–Trinajstić information content (AvgIpc) is 3.13. The van der Waals surface area contributed by atoms with E-state index in [-0.39, 0.29) is 13.0 Å². The van der Waals surface area contributed by atoms with Gasteiger partial charge < -0.3 is 14.6 Å². The second-order valence-corrected chi connectivity index (χ2v) is 8.75. The van der Waals surface area contributed by atoms with E-state index in [2.05, 4.69) is 23.8 Å². The lowest BCUT2D eigenvalue weighted by atomic mass is 9.97. The molecular formula is C27H44O5. The number of rotatable bonds is 18. The van der Waals surface area contributed by atoms with Gasteiger partial charge >= 0.3 is 11.9 Å². The van der Waals surface area contributed by atoms with Crippen molar-refractivity contribution >= 4 is 11.9 Å². The summed E-state index contributed by atoms with van der Waals surface area (Å²) in [7, 11) is 1.28. The smallest absolute Gasteiger partial charge is 0.334 e. The molecule has 0 aromatic carbocycles. The molecule has 1 atom stereocenters. The van der Waals surface area contributed by atoms with Crippen molar-refractivity contribution in [3.63, 3.8) is 0 Å². The summed E-state index contributed by atoms with van der Waals surface area (Å²) in [5.74, 6) is -0.957. The predicted octanol–water partition coefficient (Wildman–Crippen LogP) is 6.36. The van der Waals surface area contributed by atoms with E-state index in [1.807, 2.05) is 6.08 Å². The van der Waals surface area contributed by atoms with E-state index in [1.165, 1.54) is 89.9 Å². The molecule has 0 radical (unpaired) electrons. The first-order valence-electron chi connectivity index (χ1n) is 12.5. The Morgan fingerprint density at radius 1 is 0.969 bits per heavy atom. The molecule has 1 fully saturated rings. The number of carbonyl (C=O) groups is 2. The molecule has 0 bridgehead atoms. The van der Waals surface area contributed by atoms with Crippen molar-refractivity contribution in [2.75, 3.05) is 13.7 Å². The molecule has 5 nitrogen and oxygen atoms in total. The summed E-state index contributed by atoms with van der Waals surface area (Å²) in [5, 5.41) is 9.64. The van der Waals surface area contributed by atoms with Gasteiger partial charge in [0, 0.05) is 18.1 Å². The maximum Gasteiger partial charge on any atom is 0.334 e. The van der Waals surface area contributed by atoms with Crippen LogP contribution in [0.4, 0.5) is 0 Å². The van der Waals surface area contributed by atoms with Crippen LogP contribution in [-0.4, -0.2) is 36.4 Å². The number of carbonyl (C=O) groups excluding carboxylic acids is 2. The third-order valence-corrected chi connectivity index (χ3v) is 5.90. The molecule has 0 aromatic heterocycles. The monoisotopic (exact) mass is 448 g/mol. The standard InChI is InChI=1S/C27H44O5/c1-3-4-5-6-7-8-9-10-11-12-13-14-15-16-17-18-19-24-22-27(23-28,32-26(24)30)21-20-25(29)31-2/h10-11,19-21,28H,3-9,12-18,22-23H2,1-2H3/b11-10+,21-20?,24-19-/t27-/m1/s1. The van der Waals surface area contributed by atoms with Gasteiger partial charge in [-0.3, -0.25) is 0 Å². The fraction of sp³-hybridized carbons (Fsp3) is 0.704. The summed E-state index contributed by atoms with van der Waals surface area (Å²) in [6.07, 6.45) is 26.7. The van der Waals surface area contributed by atoms with Crippen LogP contribution in [0.15, 0.2) is 36.0 Å². The zero-order valence-electron chi connectivity index (χ0n) is 20.3. The number of ether oxygens (including phenoxy) is 2. The van der Waals surface area contributed by atoms with Crippen LogP contribution in [0.1, 0.15) is 103 Å². The molecule has 0 unspecified atom stereocenters. The quantitative estimate of drug-likeness (QED) is 0.114. The van der Waals surface area contributed by atoms with Crippen molar-refractivity contribution in [2.45, 2.75) is 109 Å². The topological polar surface area (TPSA) is 72.8 Å². The molecule has 0 aromatic rings. The lowest BCUT2D eigenvalue weighted by Gasteiger charge is -2.19. The highest BCUT2D eigenvalue weighted by Gasteiger charge is 2.41. The summed E-state index contributed by atoms with van der Waals surface area (Å²) in [6, 6.07) is 0. The van der Waals surface area contributed by atoms with Crippen LogP contribution in [0.5, 0.6) is 0 Å². The Morgan fingerprint density at radius 2 is 1.53 bits per heavy atom. The van der Waals surface area contributed by atoms with Crippen molar-refractivity contribution in [2.24, 2.45) is 0 Å². The molecule has 5 heteroatoms. The molecule has 0 spiro atoms. The van der Waals surface area contributed by atoms with E-state index in [0.29, 0.717) is 5.57 Å². The van der Waals surface area contributed by atoms with Gasteiger partial charge in [-0.1, -0.05) is 76.5 Å². The van der Waals surface area contributed by atoms with E-state index >= 15 is 0 Å². The van der Waals surface area contributed by atoms with Crippen LogP contribution < -0.4 is 0 Å². The fourth-order valence-electron chi connectivity index (χ4n) is 3.85. The van der Waals surface area contributed by atoms with Gasteiger partial charge in [0.15, 0.2) is 5.60 Å². The molecule has 32 heavy (non-hydrogen) atoms. The van der Waals surface area contributed by atoms with E-state index in [9.17, 15) is 14.7 Å². The maximum absolute atomic E-state index is 12.1. The summed E-state index contributed by atoms with van der Waals surface area (Å²) in [5.41, 5.74) is -0.580. The van der Waals surface area contributed by atoms with Crippen LogP contribution in [0.25, 0.3) is 0 Å². The van der Waals surface area contributed by atoms with Gasteiger partial charge in [0.2, 0.25) is 0 Å². The third kappa shape index (κ3) is 12.2. The van der Waals surface area contributed by atoms with E-state index in [1.54, 1.807) is 0 Å². The first-order chi connectivity index (χ1) is 15.6. The fourth-order valence-corrected chi connectivity index (χ4v) is 3.85. The number of unbranched alkanes of at least 4 members (excludes halogenated alkanes) is 12. The highest BCUT2D eigenvalue weighted by Crippen LogP contribution is 2.32. The number of hydrogen-bond donors (Lipinski definition) is 1. The molecule has 1 N–H and O–H groups in total. The van der Waals surface area contributed by atoms with Crippen LogP contribution in [0, 0.1) is 0 Å². The number of aliphatic hydroxyl groups is 1. The van der Waals surface area contributed by atoms with E-state index in [0.717, 1.165) is 19.3 Å². The zero-order chi connectivity index (χ0) is 23.5. The van der Waals surface area contributed by atoms with E-state index < -0.39 is 17.5 Å². The number of cyclic esters (lactones) is 1. The molecule has 0 saturated carbocycles. The molecule has 1 aliphatic rings. The van der Waals surface area contributed by atoms with Gasteiger partial charge in [-0.15, -0.1) is 0 Å². The minimum atomic E-state index is -1.15. The Kier molecular flexibility index (Phi) is 15.5. The molecule has 1 rings (SSSR count). The van der Waals surface area contributed by atoms with Crippen LogP contribution >= 0.6 is 0 Å². The molecular weight excluding hydrogens is 404 g/mol. The van der Waals surface area contributed by atoms with Crippen LogP contribution in [0.3, 0.4) is 0 Å². The first-order valence-corrected chi connectivity index (χ1v) is 12.5. The van der Waals surface area contributed by atoms with Gasteiger partial charge in [-0.25, -0.2) is 9.59 Å². The largest absolute Gasteiger partial charge is 0.466 e. The lowest BCUT2D eigenvalue weighted by Crippen LogP contribution is -2.30. The average molecular weight is 449 g/mol. The molecule has 182 valence electrons. The van der Waals surface area contributed by atoms with Crippen molar-refractivity contribution in [3.8, 4) is 0 Å². The van der Waals surface area contributed by atoms with Crippen LogP contribution in [0.2, 0.25) is 0 Å². The van der Waals surface area contributed by atoms with Gasteiger partial charge in [0.1, 0.15) is 0 Å².